The summed E-state index contributed by atoms with van der Waals surface area (Å²) in [6.45, 7) is 0. The van der Waals surface area contributed by atoms with Gasteiger partial charge in [-0.05, 0) is 6.07 Å². The highest BCUT2D eigenvalue weighted by molar-refractivity contribution is 7.25. The quantitative estimate of drug-likeness (QED) is 0.615. The van der Waals surface area contributed by atoms with E-state index in [1.807, 2.05) is 0 Å². The highest BCUT2D eigenvalue weighted by Gasteiger charge is 2.10. The summed E-state index contributed by atoms with van der Waals surface area (Å²) in [5, 5.41) is 1.21. The molecule has 1 N–H and O–H groups in total. The van der Waals surface area contributed by atoms with Crippen molar-refractivity contribution in [3.05, 3.63) is 39.4 Å². The van der Waals surface area contributed by atoms with Gasteiger partial charge in [-0.1, -0.05) is 0 Å². The number of thiophene rings is 1. The monoisotopic (exact) mass is 220 g/mol. The van der Waals surface area contributed by atoms with Crippen LogP contribution < -0.4 is 11.2 Å². The lowest BCUT2D eigenvalue weighted by atomic mass is 10.2. The van der Waals surface area contributed by atoms with Crippen molar-refractivity contribution in [3.63, 3.8) is 0 Å². The standard InChI is InChI=1S/C9H4N2O3S/c12-7-6-4-1-2-14-3-5(4)15-8(6)11-9(13)10-7/h1-3H,(H,10,12,13). The maximum absolute atomic E-state index is 11.6. The van der Waals surface area contributed by atoms with Gasteiger partial charge in [0.1, 0.15) is 11.1 Å². The molecule has 0 atom stereocenters. The summed E-state index contributed by atoms with van der Waals surface area (Å²) in [6.07, 6.45) is 3.02. The van der Waals surface area contributed by atoms with Crippen molar-refractivity contribution in [2.45, 2.75) is 0 Å². The van der Waals surface area contributed by atoms with E-state index in [4.69, 9.17) is 4.42 Å². The minimum Gasteiger partial charge on any atom is -0.471 e. The third kappa shape index (κ3) is 1.11. The van der Waals surface area contributed by atoms with E-state index < -0.39 is 11.2 Å². The summed E-state index contributed by atoms with van der Waals surface area (Å²) in [7, 11) is 0. The second-order valence-corrected chi connectivity index (χ2v) is 4.02. The number of nitrogens with one attached hydrogen (secondary N) is 1. The van der Waals surface area contributed by atoms with E-state index in [0.717, 1.165) is 10.1 Å². The van der Waals surface area contributed by atoms with Gasteiger partial charge in [-0.2, -0.15) is 4.98 Å². The normalized spacial score (nSPS) is 11.2. The fourth-order valence-corrected chi connectivity index (χ4v) is 2.51. The maximum Gasteiger partial charge on any atom is 0.349 e. The smallest absolute Gasteiger partial charge is 0.349 e. The van der Waals surface area contributed by atoms with Gasteiger partial charge in [0.25, 0.3) is 5.56 Å². The summed E-state index contributed by atoms with van der Waals surface area (Å²) in [5.74, 6) is 0. The SMILES string of the molecule is O=c1nc2sc3coccc3c2c(=O)[nH]1. The van der Waals surface area contributed by atoms with Gasteiger partial charge >= 0.3 is 5.69 Å². The predicted molar refractivity (Wildman–Crippen MR) is 56.3 cm³/mol. The predicted octanol–water partition coefficient (Wildman–Crippen LogP) is 1.09. The molecule has 15 heavy (non-hydrogen) atoms. The molecule has 0 amide bonds. The molecule has 0 saturated carbocycles. The third-order valence-corrected chi connectivity index (χ3v) is 3.12. The topological polar surface area (TPSA) is 76.0 Å². The van der Waals surface area contributed by atoms with Gasteiger partial charge in [0.15, 0.2) is 0 Å². The number of H-pyrrole nitrogens is 1. The Bertz CT molecular complexity index is 768. The zero-order chi connectivity index (χ0) is 10.4. The third-order valence-electron chi connectivity index (χ3n) is 2.09. The van der Waals surface area contributed by atoms with Crippen LogP contribution in [-0.2, 0) is 0 Å². The Morgan fingerprint density at radius 3 is 3.13 bits per heavy atom. The zero-order valence-corrected chi connectivity index (χ0v) is 8.13. The van der Waals surface area contributed by atoms with Crippen molar-refractivity contribution >= 4 is 31.6 Å². The van der Waals surface area contributed by atoms with Crippen LogP contribution in [0.3, 0.4) is 0 Å². The Kier molecular flexibility index (Phi) is 1.54. The highest BCUT2D eigenvalue weighted by atomic mass is 32.1. The van der Waals surface area contributed by atoms with Gasteiger partial charge in [-0.25, -0.2) is 4.79 Å². The fraction of sp³-hybridized carbons (Fsp3) is 0. The molecule has 0 aliphatic rings. The van der Waals surface area contributed by atoms with E-state index in [-0.39, 0.29) is 0 Å². The van der Waals surface area contributed by atoms with E-state index in [1.165, 1.54) is 23.9 Å². The van der Waals surface area contributed by atoms with Crippen molar-refractivity contribution in [2.75, 3.05) is 0 Å². The summed E-state index contributed by atoms with van der Waals surface area (Å²) in [6, 6.07) is 1.69. The van der Waals surface area contributed by atoms with Crippen LogP contribution >= 0.6 is 11.3 Å². The highest BCUT2D eigenvalue weighted by Crippen LogP contribution is 2.28. The van der Waals surface area contributed by atoms with Crippen LogP contribution in [0.2, 0.25) is 0 Å². The average molecular weight is 220 g/mol. The molecular weight excluding hydrogens is 216 g/mol. The van der Waals surface area contributed by atoms with E-state index >= 15 is 0 Å². The van der Waals surface area contributed by atoms with Crippen molar-refractivity contribution in [2.24, 2.45) is 0 Å². The molecule has 0 unspecified atom stereocenters. The summed E-state index contributed by atoms with van der Waals surface area (Å²) >= 11 is 1.27. The second kappa shape index (κ2) is 2.77. The summed E-state index contributed by atoms with van der Waals surface area (Å²) < 4.78 is 5.78. The maximum atomic E-state index is 11.6. The molecule has 0 aliphatic heterocycles. The molecule has 0 spiro atoms. The van der Waals surface area contributed by atoms with Crippen LogP contribution in [0.4, 0.5) is 0 Å². The number of nitrogens with zero attached hydrogens (tertiary/aromatic N) is 1. The van der Waals surface area contributed by atoms with E-state index in [2.05, 4.69) is 9.97 Å². The molecule has 6 heteroatoms. The van der Waals surface area contributed by atoms with Gasteiger partial charge in [0.05, 0.1) is 16.3 Å². The van der Waals surface area contributed by atoms with Gasteiger partial charge in [-0.15, -0.1) is 11.3 Å². The van der Waals surface area contributed by atoms with Crippen molar-refractivity contribution in [3.8, 4) is 0 Å². The number of aromatic amines is 1. The zero-order valence-electron chi connectivity index (χ0n) is 7.31. The fourth-order valence-electron chi connectivity index (χ4n) is 1.49. The van der Waals surface area contributed by atoms with E-state index in [1.54, 1.807) is 6.07 Å². The Morgan fingerprint density at radius 1 is 1.40 bits per heavy atom. The molecule has 0 fully saturated rings. The minimum atomic E-state index is -0.615. The van der Waals surface area contributed by atoms with Crippen molar-refractivity contribution < 1.29 is 4.42 Å². The lowest BCUT2D eigenvalue weighted by Crippen LogP contribution is -2.20. The van der Waals surface area contributed by atoms with Crippen LogP contribution in [0.25, 0.3) is 20.3 Å². The number of rotatable bonds is 0. The number of hydrogen-bond donors (Lipinski definition) is 1. The molecule has 3 rings (SSSR count). The number of aromatic nitrogens is 2. The molecule has 3 heterocycles. The van der Waals surface area contributed by atoms with Crippen molar-refractivity contribution in [1.82, 2.24) is 9.97 Å². The van der Waals surface area contributed by atoms with Gasteiger partial charge in [0.2, 0.25) is 0 Å². The molecule has 74 valence electrons. The Hall–Kier alpha value is -1.95. The molecule has 0 radical (unpaired) electrons. The summed E-state index contributed by atoms with van der Waals surface area (Å²) in [4.78, 5) is 28.9. The molecule has 0 aromatic carbocycles. The lowest BCUT2D eigenvalue weighted by molar-refractivity contribution is 0.558. The number of fused-ring (bicyclic) bond motifs is 3. The summed E-state index contributed by atoms with van der Waals surface area (Å²) in [5.41, 5.74) is -1.02. The van der Waals surface area contributed by atoms with Crippen LogP contribution in [0.1, 0.15) is 0 Å². The molecule has 0 bridgehead atoms. The molecule has 0 saturated heterocycles. The molecule has 3 aromatic heterocycles. The van der Waals surface area contributed by atoms with Gasteiger partial charge in [0, 0.05) is 5.39 Å². The Labute approximate surface area is 86.0 Å². The van der Waals surface area contributed by atoms with Gasteiger partial charge < -0.3 is 4.42 Å². The largest absolute Gasteiger partial charge is 0.471 e. The lowest BCUT2D eigenvalue weighted by Gasteiger charge is -1.87. The first-order valence-electron chi connectivity index (χ1n) is 4.15. The van der Waals surface area contributed by atoms with E-state index in [9.17, 15) is 9.59 Å². The molecule has 3 aromatic rings. The minimum absolute atomic E-state index is 0.401. The average Bonchev–Trinajstić information content (AvgIpc) is 2.54. The molecule has 5 nitrogen and oxygen atoms in total. The number of hydrogen-bond acceptors (Lipinski definition) is 5. The second-order valence-electron chi connectivity index (χ2n) is 2.99. The van der Waals surface area contributed by atoms with Crippen LogP contribution in [0.5, 0.6) is 0 Å². The van der Waals surface area contributed by atoms with E-state index in [0.29, 0.717) is 10.2 Å². The first-order valence-corrected chi connectivity index (χ1v) is 4.96. The molecular formula is C9H4N2O3S. The van der Waals surface area contributed by atoms with Gasteiger partial charge in [-0.3, -0.25) is 9.78 Å². The first-order chi connectivity index (χ1) is 7.25. The Balaban J connectivity index is 2.73. The van der Waals surface area contributed by atoms with Crippen LogP contribution in [-0.4, -0.2) is 9.97 Å². The first kappa shape index (κ1) is 8.37. The van der Waals surface area contributed by atoms with Crippen LogP contribution in [0, 0.1) is 0 Å². The van der Waals surface area contributed by atoms with Crippen molar-refractivity contribution in [1.29, 1.82) is 0 Å². The molecule has 0 aliphatic carbocycles. The van der Waals surface area contributed by atoms with Crippen LogP contribution in [0.15, 0.2) is 32.6 Å². The Morgan fingerprint density at radius 2 is 2.27 bits per heavy atom.